The summed E-state index contributed by atoms with van der Waals surface area (Å²) in [6.45, 7) is 5.26. The van der Waals surface area contributed by atoms with E-state index in [9.17, 15) is 0 Å². The zero-order valence-corrected chi connectivity index (χ0v) is 10.9. The topological polar surface area (TPSA) is 9.23 Å². The van der Waals surface area contributed by atoms with Crippen LogP contribution in [0.4, 0.5) is 0 Å². The van der Waals surface area contributed by atoms with Crippen LogP contribution in [0.5, 0.6) is 5.75 Å². The highest BCUT2D eigenvalue weighted by Crippen LogP contribution is 2.30. The first kappa shape index (κ1) is 12.2. The first-order valence-electron chi connectivity index (χ1n) is 6.72. The van der Waals surface area contributed by atoms with Gasteiger partial charge in [0, 0.05) is 0 Å². The Bertz CT molecular complexity index is 375. The van der Waals surface area contributed by atoms with Crippen molar-refractivity contribution in [1.29, 1.82) is 0 Å². The Labute approximate surface area is 104 Å². The monoisotopic (exact) mass is 230 g/mol. The Morgan fingerprint density at radius 3 is 2.59 bits per heavy atom. The molecule has 1 atom stereocenters. The fraction of sp³-hybridized carbons (Fsp3) is 0.500. The predicted octanol–water partition coefficient (Wildman–Crippen LogP) is 4.68. The van der Waals surface area contributed by atoms with Crippen molar-refractivity contribution < 1.29 is 4.74 Å². The lowest BCUT2D eigenvalue weighted by Gasteiger charge is -2.18. The van der Waals surface area contributed by atoms with Gasteiger partial charge in [-0.25, -0.2) is 0 Å². The van der Waals surface area contributed by atoms with Gasteiger partial charge in [-0.1, -0.05) is 32.1 Å². The van der Waals surface area contributed by atoms with Crippen molar-refractivity contribution in [2.24, 2.45) is 5.92 Å². The van der Waals surface area contributed by atoms with Crippen LogP contribution >= 0.6 is 0 Å². The lowest BCUT2D eigenvalue weighted by atomic mass is 9.88. The van der Waals surface area contributed by atoms with E-state index >= 15 is 0 Å². The molecular weight excluding hydrogens is 208 g/mol. The highest BCUT2D eigenvalue weighted by atomic mass is 16.5. The number of allylic oxidation sites excluding steroid dienone is 2. The highest BCUT2D eigenvalue weighted by Gasteiger charge is 2.11. The summed E-state index contributed by atoms with van der Waals surface area (Å²) in [6, 6.07) is 8.55. The summed E-state index contributed by atoms with van der Waals surface area (Å²) in [5, 5.41) is 0. The molecule has 0 fully saturated rings. The molecule has 0 radical (unpaired) electrons. The van der Waals surface area contributed by atoms with Gasteiger partial charge in [-0.2, -0.15) is 0 Å². The molecule has 0 saturated carbocycles. The van der Waals surface area contributed by atoms with Gasteiger partial charge in [0.1, 0.15) is 5.75 Å². The molecule has 0 spiro atoms. The maximum absolute atomic E-state index is 5.60. The fourth-order valence-corrected chi connectivity index (χ4v) is 2.21. The first-order chi connectivity index (χ1) is 8.29. The third-order valence-corrected chi connectivity index (χ3v) is 3.37. The van der Waals surface area contributed by atoms with Crippen molar-refractivity contribution in [3.05, 3.63) is 35.9 Å². The maximum Gasteiger partial charge on any atom is 0.119 e. The van der Waals surface area contributed by atoms with E-state index in [1.54, 1.807) is 0 Å². The third-order valence-electron chi connectivity index (χ3n) is 3.37. The van der Waals surface area contributed by atoms with Gasteiger partial charge in [0.2, 0.25) is 0 Å². The fourth-order valence-electron chi connectivity index (χ4n) is 2.21. The molecule has 1 aromatic carbocycles. The Kier molecular flexibility index (Phi) is 4.24. The van der Waals surface area contributed by atoms with Crippen LogP contribution in [0.25, 0.3) is 5.57 Å². The maximum atomic E-state index is 5.60. The third kappa shape index (κ3) is 3.36. The van der Waals surface area contributed by atoms with Gasteiger partial charge >= 0.3 is 0 Å². The van der Waals surface area contributed by atoms with Crippen LogP contribution in [0.15, 0.2) is 30.3 Å². The van der Waals surface area contributed by atoms with E-state index in [1.165, 1.54) is 30.4 Å². The molecule has 1 aliphatic carbocycles. The summed E-state index contributed by atoms with van der Waals surface area (Å²) in [7, 11) is 0. The second-order valence-electron chi connectivity index (χ2n) is 4.98. The Balaban J connectivity index is 2.02. The van der Waals surface area contributed by atoms with Gasteiger partial charge < -0.3 is 4.74 Å². The van der Waals surface area contributed by atoms with Gasteiger partial charge in [0.25, 0.3) is 0 Å². The molecule has 0 amide bonds. The second-order valence-corrected chi connectivity index (χ2v) is 4.98. The van der Waals surface area contributed by atoms with E-state index < -0.39 is 0 Å². The first-order valence-corrected chi connectivity index (χ1v) is 6.72. The van der Waals surface area contributed by atoms with Crippen molar-refractivity contribution in [2.75, 3.05) is 6.61 Å². The van der Waals surface area contributed by atoms with Crippen molar-refractivity contribution in [1.82, 2.24) is 0 Å². The minimum absolute atomic E-state index is 0.805. The molecule has 92 valence electrons. The van der Waals surface area contributed by atoms with Crippen LogP contribution in [0.1, 0.15) is 45.1 Å². The lowest BCUT2D eigenvalue weighted by Crippen LogP contribution is -2.01. The van der Waals surface area contributed by atoms with Crippen LogP contribution in [0.2, 0.25) is 0 Å². The molecule has 0 bridgehead atoms. The Hall–Kier alpha value is -1.24. The summed E-state index contributed by atoms with van der Waals surface area (Å²) in [5.74, 6) is 1.84. The highest BCUT2D eigenvalue weighted by molar-refractivity contribution is 5.66. The van der Waals surface area contributed by atoms with Crippen LogP contribution in [0.3, 0.4) is 0 Å². The van der Waals surface area contributed by atoms with E-state index in [0.29, 0.717) is 0 Å². The molecule has 1 aliphatic rings. The molecular formula is C16H22O. The van der Waals surface area contributed by atoms with Crippen LogP contribution < -0.4 is 4.74 Å². The molecule has 1 aromatic rings. The molecule has 1 heteroatoms. The molecule has 1 nitrogen and oxygen atoms in total. The normalized spacial score (nSPS) is 19.9. The second kappa shape index (κ2) is 5.90. The molecule has 1 unspecified atom stereocenters. The van der Waals surface area contributed by atoms with Gasteiger partial charge in [0.15, 0.2) is 0 Å². The molecule has 0 N–H and O–H groups in total. The number of hydrogen-bond acceptors (Lipinski definition) is 1. The molecule has 0 aliphatic heterocycles. The summed E-state index contributed by atoms with van der Waals surface area (Å²) in [4.78, 5) is 0. The number of benzene rings is 1. The summed E-state index contributed by atoms with van der Waals surface area (Å²) in [6.07, 6.45) is 7.22. The zero-order chi connectivity index (χ0) is 12.1. The average molecular weight is 230 g/mol. The predicted molar refractivity (Wildman–Crippen MR) is 73.2 cm³/mol. The van der Waals surface area contributed by atoms with Crippen molar-refractivity contribution >= 4 is 5.57 Å². The minimum Gasteiger partial charge on any atom is -0.494 e. The Morgan fingerprint density at radius 1 is 1.24 bits per heavy atom. The zero-order valence-electron chi connectivity index (χ0n) is 10.9. The number of ether oxygens (including phenoxy) is 1. The minimum atomic E-state index is 0.805. The quantitative estimate of drug-likeness (QED) is 0.729. The largest absolute Gasteiger partial charge is 0.494 e. The van der Waals surface area contributed by atoms with E-state index in [2.05, 4.69) is 44.2 Å². The van der Waals surface area contributed by atoms with E-state index in [-0.39, 0.29) is 0 Å². The van der Waals surface area contributed by atoms with Crippen LogP contribution in [0, 0.1) is 5.92 Å². The molecule has 0 heterocycles. The average Bonchev–Trinajstić information content (AvgIpc) is 2.38. The van der Waals surface area contributed by atoms with Gasteiger partial charge in [-0.3, -0.25) is 0 Å². The smallest absolute Gasteiger partial charge is 0.119 e. The van der Waals surface area contributed by atoms with Gasteiger partial charge in [-0.15, -0.1) is 0 Å². The molecule has 0 aromatic heterocycles. The summed E-state index contributed by atoms with van der Waals surface area (Å²) in [5.41, 5.74) is 2.87. The Morgan fingerprint density at radius 2 is 2.00 bits per heavy atom. The van der Waals surface area contributed by atoms with Crippen molar-refractivity contribution in [3.8, 4) is 5.75 Å². The number of hydrogen-bond donors (Lipinski definition) is 0. The van der Waals surface area contributed by atoms with E-state index in [4.69, 9.17) is 4.74 Å². The van der Waals surface area contributed by atoms with Gasteiger partial charge in [-0.05, 0) is 54.9 Å². The standard InChI is InChI=1S/C16H22O/c1-3-12-17-16-10-8-15(9-11-16)14-6-4-13(2)5-7-14/h6,8-11,13H,3-5,7,12H2,1-2H3. The number of rotatable bonds is 4. The van der Waals surface area contributed by atoms with Crippen LogP contribution in [-0.2, 0) is 0 Å². The summed E-state index contributed by atoms with van der Waals surface area (Å²) < 4.78 is 5.60. The lowest BCUT2D eigenvalue weighted by molar-refractivity contribution is 0.317. The molecule has 2 rings (SSSR count). The SMILES string of the molecule is CCCOc1ccc(C2=CCC(C)CC2)cc1. The van der Waals surface area contributed by atoms with E-state index in [0.717, 1.165) is 24.7 Å². The van der Waals surface area contributed by atoms with Gasteiger partial charge in [0.05, 0.1) is 6.61 Å². The summed E-state index contributed by atoms with van der Waals surface area (Å²) >= 11 is 0. The van der Waals surface area contributed by atoms with E-state index in [1.807, 2.05) is 0 Å². The molecule has 17 heavy (non-hydrogen) atoms. The van der Waals surface area contributed by atoms with Crippen LogP contribution in [-0.4, -0.2) is 6.61 Å². The van der Waals surface area contributed by atoms with Crippen molar-refractivity contribution in [2.45, 2.75) is 39.5 Å². The van der Waals surface area contributed by atoms with Crippen molar-refractivity contribution in [3.63, 3.8) is 0 Å². The molecule has 0 saturated heterocycles.